The summed E-state index contributed by atoms with van der Waals surface area (Å²) in [6.07, 6.45) is 0.173. The molecule has 144 valence electrons. The number of para-hydroxylation sites is 1. The molecule has 2 atom stereocenters. The van der Waals surface area contributed by atoms with E-state index >= 15 is 0 Å². The van der Waals surface area contributed by atoms with Gasteiger partial charge in [0.2, 0.25) is 0 Å². The number of benzene rings is 2. The van der Waals surface area contributed by atoms with Gasteiger partial charge in [0.15, 0.2) is 6.10 Å². The minimum Gasteiger partial charge on any atom is -0.480 e. The van der Waals surface area contributed by atoms with Gasteiger partial charge in [-0.05, 0) is 37.5 Å². The zero-order chi connectivity index (χ0) is 19.6. The van der Waals surface area contributed by atoms with E-state index in [2.05, 4.69) is 5.32 Å². The third-order valence-electron chi connectivity index (χ3n) is 4.20. The maximum atomic E-state index is 12.8. The van der Waals surface area contributed by atoms with E-state index in [4.69, 9.17) is 9.47 Å². The van der Waals surface area contributed by atoms with Gasteiger partial charge in [-0.15, -0.1) is 0 Å². The highest BCUT2D eigenvalue weighted by molar-refractivity contribution is 5.87. The quantitative estimate of drug-likeness (QED) is 0.688. The van der Waals surface area contributed by atoms with Crippen LogP contribution in [0.2, 0.25) is 0 Å². The van der Waals surface area contributed by atoms with E-state index in [9.17, 15) is 9.59 Å². The summed E-state index contributed by atoms with van der Waals surface area (Å²) in [7, 11) is 0. The zero-order valence-corrected chi connectivity index (χ0v) is 16.1. The molecule has 2 unspecified atom stereocenters. The molecule has 0 spiro atoms. The van der Waals surface area contributed by atoms with Gasteiger partial charge < -0.3 is 14.8 Å². The molecular weight excluding hydrogens is 342 g/mol. The SMILES string of the molecule is CCOC(=O)C(Cc1ccccc1)NC(=O)C(CC)Oc1ccccc1C. The molecule has 0 bridgehead atoms. The van der Waals surface area contributed by atoms with Gasteiger partial charge in [0, 0.05) is 6.42 Å². The van der Waals surface area contributed by atoms with E-state index in [0.29, 0.717) is 18.6 Å². The number of hydrogen-bond acceptors (Lipinski definition) is 4. The van der Waals surface area contributed by atoms with Gasteiger partial charge in [-0.1, -0.05) is 55.5 Å². The lowest BCUT2D eigenvalue weighted by molar-refractivity contribution is -0.148. The average molecular weight is 369 g/mol. The molecule has 0 saturated carbocycles. The van der Waals surface area contributed by atoms with Crippen molar-refractivity contribution in [1.29, 1.82) is 0 Å². The maximum absolute atomic E-state index is 12.8. The van der Waals surface area contributed by atoms with Gasteiger partial charge in [-0.2, -0.15) is 0 Å². The molecule has 0 aliphatic heterocycles. The van der Waals surface area contributed by atoms with Crippen molar-refractivity contribution in [3.63, 3.8) is 0 Å². The largest absolute Gasteiger partial charge is 0.480 e. The van der Waals surface area contributed by atoms with Crippen LogP contribution in [0.5, 0.6) is 5.75 Å². The van der Waals surface area contributed by atoms with Crippen LogP contribution in [-0.4, -0.2) is 30.6 Å². The van der Waals surface area contributed by atoms with E-state index in [1.54, 1.807) is 6.92 Å². The van der Waals surface area contributed by atoms with Crippen LogP contribution in [0.4, 0.5) is 0 Å². The fourth-order valence-electron chi connectivity index (χ4n) is 2.71. The highest BCUT2D eigenvalue weighted by Crippen LogP contribution is 2.19. The summed E-state index contributed by atoms with van der Waals surface area (Å²) in [5.74, 6) is -0.106. The van der Waals surface area contributed by atoms with Crippen LogP contribution in [0.3, 0.4) is 0 Å². The van der Waals surface area contributed by atoms with Crippen molar-refractivity contribution < 1.29 is 19.1 Å². The van der Waals surface area contributed by atoms with E-state index in [0.717, 1.165) is 11.1 Å². The van der Waals surface area contributed by atoms with Crippen LogP contribution in [0, 0.1) is 6.92 Å². The van der Waals surface area contributed by atoms with Gasteiger partial charge >= 0.3 is 5.97 Å². The monoisotopic (exact) mass is 369 g/mol. The fraction of sp³-hybridized carbons (Fsp3) is 0.364. The van der Waals surface area contributed by atoms with Gasteiger partial charge in [0.25, 0.3) is 5.91 Å². The van der Waals surface area contributed by atoms with Crippen LogP contribution >= 0.6 is 0 Å². The third kappa shape index (κ3) is 6.13. The highest BCUT2D eigenvalue weighted by atomic mass is 16.5. The minimum absolute atomic E-state index is 0.261. The van der Waals surface area contributed by atoms with Crippen LogP contribution < -0.4 is 10.1 Å². The van der Waals surface area contributed by atoms with E-state index in [-0.39, 0.29) is 12.5 Å². The molecular formula is C22H27NO4. The van der Waals surface area contributed by atoms with Gasteiger partial charge in [-0.3, -0.25) is 4.79 Å². The summed E-state index contributed by atoms with van der Waals surface area (Å²) in [6.45, 7) is 5.81. The normalized spacial score (nSPS) is 12.7. The Morgan fingerprint density at radius 2 is 1.67 bits per heavy atom. The van der Waals surface area contributed by atoms with Gasteiger partial charge in [-0.25, -0.2) is 4.79 Å². The lowest BCUT2D eigenvalue weighted by Gasteiger charge is -2.22. The number of amides is 1. The second-order valence-electron chi connectivity index (χ2n) is 6.28. The first-order valence-corrected chi connectivity index (χ1v) is 9.28. The Morgan fingerprint density at radius 3 is 2.30 bits per heavy atom. The first-order valence-electron chi connectivity index (χ1n) is 9.28. The molecule has 0 heterocycles. The summed E-state index contributed by atoms with van der Waals surface area (Å²) >= 11 is 0. The predicted octanol–water partition coefficient (Wildman–Crippen LogP) is 3.44. The maximum Gasteiger partial charge on any atom is 0.328 e. The van der Waals surface area contributed by atoms with Crippen molar-refractivity contribution in [3.05, 3.63) is 65.7 Å². The Balaban J connectivity index is 2.10. The molecule has 5 heteroatoms. The molecule has 1 N–H and O–H groups in total. The Bertz CT molecular complexity index is 745. The number of carbonyl (C=O) groups excluding carboxylic acids is 2. The Labute approximate surface area is 160 Å². The summed E-state index contributed by atoms with van der Waals surface area (Å²) in [5.41, 5.74) is 1.90. The molecule has 2 rings (SSSR count). The topological polar surface area (TPSA) is 64.6 Å². The molecule has 0 aliphatic carbocycles. The highest BCUT2D eigenvalue weighted by Gasteiger charge is 2.27. The van der Waals surface area contributed by atoms with E-state index in [1.165, 1.54) is 0 Å². The van der Waals surface area contributed by atoms with Crippen molar-refractivity contribution >= 4 is 11.9 Å². The first-order chi connectivity index (χ1) is 13.0. The molecule has 0 fully saturated rings. The van der Waals surface area contributed by atoms with Crippen LogP contribution in [0.25, 0.3) is 0 Å². The lowest BCUT2D eigenvalue weighted by atomic mass is 10.1. The summed E-state index contributed by atoms with van der Waals surface area (Å²) in [5, 5.41) is 2.80. The Morgan fingerprint density at radius 1 is 1.00 bits per heavy atom. The summed E-state index contributed by atoms with van der Waals surface area (Å²) in [4.78, 5) is 25.1. The van der Waals surface area contributed by atoms with Crippen molar-refractivity contribution in [2.75, 3.05) is 6.61 Å². The molecule has 0 aromatic heterocycles. The molecule has 1 amide bonds. The first kappa shape index (κ1) is 20.5. The van der Waals surface area contributed by atoms with Crippen LogP contribution in [-0.2, 0) is 20.7 Å². The van der Waals surface area contributed by atoms with Crippen LogP contribution in [0.1, 0.15) is 31.4 Å². The number of rotatable bonds is 9. The molecule has 0 saturated heterocycles. The molecule has 0 radical (unpaired) electrons. The summed E-state index contributed by atoms with van der Waals surface area (Å²) in [6, 6.07) is 16.3. The molecule has 5 nitrogen and oxygen atoms in total. The number of carbonyl (C=O) groups is 2. The van der Waals surface area contributed by atoms with Crippen molar-refractivity contribution in [3.8, 4) is 5.75 Å². The molecule has 27 heavy (non-hydrogen) atoms. The van der Waals surface area contributed by atoms with E-state index < -0.39 is 18.1 Å². The van der Waals surface area contributed by atoms with Crippen molar-refractivity contribution in [2.45, 2.75) is 45.8 Å². The number of hydrogen-bond donors (Lipinski definition) is 1. The fourth-order valence-corrected chi connectivity index (χ4v) is 2.71. The van der Waals surface area contributed by atoms with Crippen molar-refractivity contribution in [2.24, 2.45) is 0 Å². The number of esters is 1. The third-order valence-corrected chi connectivity index (χ3v) is 4.20. The van der Waals surface area contributed by atoms with Gasteiger partial charge in [0.05, 0.1) is 6.61 Å². The number of ether oxygens (including phenoxy) is 2. The molecule has 2 aromatic carbocycles. The van der Waals surface area contributed by atoms with Crippen molar-refractivity contribution in [1.82, 2.24) is 5.32 Å². The summed E-state index contributed by atoms with van der Waals surface area (Å²) < 4.78 is 11.0. The van der Waals surface area contributed by atoms with E-state index in [1.807, 2.05) is 68.4 Å². The smallest absolute Gasteiger partial charge is 0.328 e. The second kappa shape index (κ2) is 10.4. The van der Waals surface area contributed by atoms with Crippen LogP contribution in [0.15, 0.2) is 54.6 Å². The predicted molar refractivity (Wildman–Crippen MR) is 105 cm³/mol. The molecule has 2 aromatic rings. The minimum atomic E-state index is -0.755. The number of aryl methyl sites for hydroxylation is 1. The second-order valence-corrected chi connectivity index (χ2v) is 6.28. The zero-order valence-electron chi connectivity index (χ0n) is 16.1. The average Bonchev–Trinajstić information content (AvgIpc) is 2.67. The number of nitrogens with one attached hydrogen (secondary N) is 1. The standard InChI is InChI=1S/C22H27NO4/c1-4-19(27-20-14-10-9-11-16(20)3)21(24)23-18(22(25)26-5-2)15-17-12-7-6-8-13-17/h6-14,18-19H,4-5,15H2,1-3H3,(H,23,24). The lowest BCUT2D eigenvalue weighted by Crippen LogP contribution is -2.48. The Kier molecular flexibility index (Phi) is 7.86. The Hall–Kier alpha value is -2.82. The molecule has 0 aliphatic rings. The van der Waals surface area contributed by atoms with Gasteiger partial charge in [0.1, 0.15) is 11.8 Å².